The standard InChI is InChI=1S/C35H36FN7O4/c1-41-32-27(10-21(12-30(32)47-2)35(46)42-16-22(36)13-23(37)17-42)40-34(41)28-11-20-5-7-25(39-33(20)43(28)15-18-3-4-18)24-9-19-6-8-31(45)38-26(19)14-29(24)44/h5,7,9-12,14,18,22-23,44H,3-4,6,8,13,15-17,37H2,1-2H3,(H,38,45)/t22-,23-/m1/s1. The highest BCUT2D eigenvalue weighted by molar-refractivity contribution is 6.00. The van der Waals surface area contributed by atoms with Crippen molar-refractivity contribution < 1.29 is 23.8 Å². The number of fused-ring (bicyclic) bond motifs is 3. The average Bonchev–Trinajstić information content (AvgIpc) is 3.72. The molecule has 2 aromatic carbocycles. The number of imidazole rings is 1. The molecule has 4 N–H and O–H groups in total. The maximum Gasteiger partial charge on any atom is 0.254 e. The number of hydrogen-bond acceptors (Lipinski definition) is 7. The predicted molar refractivity (Wildman–Crippen MR) is 176 cm³/mol. The molecule has 5 aromatic rings. The Balaban J connectivity index is 1.23. The van der Waals surface area contributed by atoms with Crippen LogP contribution in [-0.4, -0.2) is 73.3 Å². The molecule has 0 bridgehead atoms. The first-order valence-electron chi connectivity index (χ1n) is 16.1. The first-order chi connectivity index (χ1) is 22.7. The Morgan fingerprint density at radius 2 is 1.96 bits per heavy atom. The first-order valence-corrected chi connectivity index (χ1v) is 16.1. The van der Waals surface area contributed by atoms with Crippen molar-refractivity contribution >= 4 is 39.6 Å². The molecule has 2 atom stereocenters. The molecule has 1 saturated carbocycles. The molecule has 242 valence electrons. The number of rotatable bonds is 6. The smallest absolute Gasteiger partial charge is 0.254 e. The van der Waals surface area contributed by atoms with E-state index in [-0.39, 0.29) is 30.5 Å². The van der Waals surface area contributed by atoms with Crippen molar-refractivity contribution in [1.29, 1.82) is 0 Å². The topological polar surface area (TPSA) is 141 Å². The lowest BCUT2D eigenvalue weighted by molar-refractivity contribution is -0.116. The van der Waals surface area contributed by atoms with E-state index in [9.17, 15) is 19.1 Å². The maximum atomic E-state index is 14.3. The number of carbonyl (C=O) groups is 2. The van der Waals surface area contributed by atoms with Gasteiger partial charge in [-0.25, -0.2) is 14.4 Å². The Labute approximate surface area is 270 Å². The summed E-state index contributed by atoms with van der Waals surface area (Å²) in [5, 5.41) is 14.7. The number of aromatic hydroxyl groups is 1. The number of nitrogens with two attached hydrogens (primary N) is 1. The fourth-order valence-corrected chi connectivity index (χ4v) is 7.07. The summed E-state index contributed by atoms with van der Waals surface area (Å²) >= 11 is 0. The summed E-state index contributed by atoms with van der Waals surface area (Å²) < 4.78 is 24.2. The number of phenols is 1. The Hall–Kier alpha value is -4.97. The Bertz CT molecular complexity index is 2090. The van der Waals surface area contributed by atoms with Crippen LogP contribution in [0.3, 0.4) is 0 Å². The molecule has 0 unspecified atom stereocenters. The number of piperidine rings is 1. The third kappa shape index (κ3) is 5.16. The first kappa shape index (κ1) is 29.4. The minimum atomic E-state index is -1.16. The normalized spacial score (nSPS) is 19.7. The van der Waals surface area contributed by atoms with Gasteiger partial charge in [0, 0.05) is 60.9 Å². The van der Waals surface area contributed by atoms with Crippen molar-refractivity contribution in [1.82, 2.24) is 24.0 Å². The average molecular weight is 638 g/mol. The number of phenolic OH excluding ortho intramolecular Hbond substituents is 1. The lowest BCUT2D eigenvalue weighted by atomic mass is 9.98. The van der Waals surface area contributed by atoms with E-state index in [1.807, 2.05) is 29.8 Å². The fraction of sp³-hybridized carbons (Fsp3) is 0.371. The third-order valence-electron chi connectivity index (χ3n) is 9.62. The van der Waals surface area contributed by atoms with Gasteiger partial charge in [-0.05, 0) is 73.6 Å². The molecule has 1 aliphatic carbocycles. The molecule has 47 heavy (non-hydrogen) atoms. The van der Waals surface area contributed by atoms with E-state index in [1.54, 1.807) is 25.3 Å². The van der Waals surface area contributed by atoms with Gasteiger partial charge in [0.1, 0.15) is 28.8 Å². The number of likely N-dealkylation sites (tertiary alicyclic amines) is 1. The van der Waals surface area contributed by atoms with Gasteiger partial charge in [0.25, 0.3) is 5.91 Å². The largest absolute Gasteiger partial charge is 0.507 e. The number of nitrogens with one attached hydrogen (secondary N) is 1. The van der Waals surface area contributed by atoms with Gasteiger partial charge in [0.05, 0.1) is 30.6 Å². The molecule has 8 rings (SSSR count). The van der Waals surface area contributed by atoms with Gasteiger partial charge in [-0.1, -0.05) is 0 Å². The Morgan fingerprint density at radius 3 is 2.72 bits per heavy atom. The van der Waals surface area contributed by atoms with Gasteiger partial charge < -0.3 is 34.9 Å². The van der Waals surface area contributed by atoms with Crippen molar-refractivity contribution in [3.8, 4) is 34.3 Å². The van der Waals surface area contributed by atoms with Gasteiger partial charge >= 0.3 is 0 Å². The van der Waals surface area contributed by atoms with E-state index < -0.39 is 12.2 Å². The van der Waals surface area contributed by atoms with Gasteiger partial charge in [0.2, 0.25) is 5.91 Å². The van der Waals surface area contributed by atoms with Crippen LogP contribution in [0, 0.1) is 5.92 Å². The highest BCUT2D eigenvalue weighted by Crippen LogP contribution is 2.40. The second-order valence-electron chi connectivity index (χ2n) is 13.1. The summed E-state index contributed by atoms with van der Waals surface area (Å²) in [6.07, 6.45) is 2.37. The maximum absolute atomic E-state index is 14.3. The monoisotopic (exact) mass is 637 g/mol. The molecule has 2 fully saturated rings. The number of anilines is 1. The number of amides is 2. The second-order valence-corrected chi connectivity index (χ2v) is 13.1. The molecular weight excluding hydrogens is 601 g/mol. The van der Waals surface area contributed by atoms with Crippen LogP contribution in [0.25, 0.3) is 44.8 Å². The number of carbonyl (C=O) groups excluding carboxylic acids is 2. The van der Waals surface area contributed by atoms with Crippen LogP contribution in [0.4, 0.5) is 10.1 Å². The quantitative estimate of drug-likeness (QED) is 0.244. The fourth-order valence-electron chi connectivity index (χ4n) is 7.07. The zero-order valence-electron chi connectivity index (χ0n) is 26.3. The Morgan fingerprint density at radius 1 is 1.13 bits per heavy atom. The van der Waals surface area contributed by atoms with Gasteiger partial charge in [0.15, 0.2) is 5.82 Å². The number of benzene rings is 2. The van der Waals surface area contributed by atoms with Crippen LogP contribution in [0.1, 0.15) is 41.6 Å². The highest BCUT2D eigenvalue weighted by atomic mass is 19.1. The number of hydrogen-bond donors (Lipinski definition) is 3. The van der Waals surface area contributed by atoms with Crippen molar-refractivity contribution in [2.75, 3.05) is 25.5 Å². The van der Waals surface area contributed by atoms with E-state index in [0.717, 1.165) is 47.2 Å². The zero-order valence-corrected chi connectivity index (χ0v) is 26.3. The van der Waals surface area contributed by atoms with Gasteiger partial charge in [-0.3, -0.25) is 9.59 Å². The number of halogens is 1. The second kappa shape index (κ2) is 11.1. The summed E-state index contributed by atoms with van der Waals surface area (Å²) in [7, 11) is 3.48. The van der Waals surface area contributed by atoms with E-state index in [4.69, 9.17) is 20.4 Å². The lowest BCUT2D eigenvalue weighted by Gasteiger charge is -2.33. The molecule has 2 aliphatic heterocycles. The van der Waals surface area contributed by atoms with E-state index in [1.165, 1.54) is 4.90 Å². The molecular formula is C35H36FN7O4. The number of aryl methyl sites for hydroxylation is 2. The van der Waals surface area contributed by atoms with Crippen molar-refractivity contribution in [2.45, 2.75) is 50.9 Å². The number of aromatic nitrogens is 4. The highest BCUT2D eigenvalue weighted by Gasteiger charge is 2.31. The van der Waals surface area contributed by atoms with Crippen LogP contribution in [0.5, 0.6) is 11.5 Å². The van der Waals surface area contributed by atoms with E-state index >= 15 is 0 Å². The lowest BCUT2D eigenvalue weighted by Crippen LogP contribution is -2.50. The molecule has 1 saturated heterocycles. The van der Waals surface area contributed by atoms with Crippen molar-refractivity contribution in [3.63, 3.8) is 0 Å². The summed E-state index contributed by atoms with van der Waals surface area (Å²) in [4.78, 5) is 37.0. The number of ether oxygens (including phenoxy) is 1. The predicted octanol–water partition coefficient (Wildman–Crippen LogP) is 4.78. The SMILES string of the molecule is COc1cc(C(=O)N2C[C@H](N)C[C@@H](F)C2)cc2nc(-c3cc4ccc(-c5cc6c(cc5O)NC(=O)CC6)nc4n3CC3CC3)n(C)c12. The number of alkyl halides is 1. The van der Waals surface area contributed by atoms with Gasteiger partial charge in [-0.15, -0.1) is 0 Å². The summed E-state index contributed by atoms with van der Waals surface area (Å²) in [6, 6.07) is 12.5. The summed E-state index contributed by atoms with van der Waals surface area (Å²) in [5.41, 5.74) is 12.2. The van der Waals surface area contributed by atoms with Gasteiger partial charge in [-0.2, -0.15) is 0 Å². The number of nitrogens with zero attached hydrogens (tertiary/aromatic N) is 5. The minimum absolute atomic E-state index is 0.0103. The van der Waals surface area contributed by atoms with Crippen LogP contribution in [-0.2, 0) is 24.8 Å². The van der Waals surface area contributed by atoms with Crippen LogP contribution < -0.4 is 15.8 Å². The van der Waals surface area contributed by atoms with Crippen LogP contribution in [0.2, 0.25) is 0 Å². The van der Waals surface area contributed by atoms with Crippen LogP contribution in [0.15, 0.2) is 42.5 Å². The summed E-state index contributed by atoms with van der Waals surface area (Å²) in [5.74, 6) is 1.41. The third-order valence-corrected chi connectivity index (χ3v) is 9.62. The van der Waals surface area contributed by atoms with E-state index in [2.05, 4.69) is 16.0 Å². The number of pyridine rings is 1. The molecule has 2 amide bonds. The molecule has 11 nitrogen and oxygen atoms in total. The summed E-state index contributed by atoms with van der Waals surface area (Å²) in [6.45, 7) is 1.07. The number of methoxy groups -OCH3 is 1. The minimum Gasteiger partial charge on any atom is -0.507 e. The van der Waals surface area contributed by atoms with Crippen LogP contribution >= 0.6 is 0 Å². The Kier molecular flexibility index (Phi) is 6.94. The molecule has 0 radical (unpaired) electrons. The zero-order chi connectivity index (χ0) is 32.6. The van der Waals surface area contributed by atoms with Crippen molar-refractivity contribution in [3.05, 3.63) is 53.6 Å². The molecule has 0 spiro atoms. The van der Waals surface area contributed by atoms with E-state index in [0.29, 0.717) is 64.9 Å². The molecule has 3 aromatic heterocycles. The molecule has 12 heteroatoms. The van der Waals surface area contributed by atoms with Crippen molar-refractivity contribution in [2.24, 2.45) is 18.7 Å². The molecule has 3 aliphatic rings. The molecule has 5 heterocycles.